The van der Waals surface area contributed by atoms with Crippen LogP contribution in [-0.2, 0) is 14.6 Å². The minimum absolute atomic E-state index is 0.512. The van der Waals surface area contributed by atoms with Gasteiger partial charge in [0.1, 0.15) is 11.0 Å². The number of primary amides is 1. The molecule has 0 fully saturated rings. The van der Waals surface area contributed by atoms with E-state index in [9.17, 15) is 13.2 Å². The molecule has 1 atom stereocenters. The van der Waals surface area contributed by atoms with Crippen LogP contribution in [0.2, 0.25) is 5.02 Å². The molecule has 1 unspecified atom stereocenters. The highest BCUT2D eigenvalue weighted by atomic mass is 35.5. The van der Waals surface area contributed by atoms with E-state index >= 15 is 0 Å². The fourth-order valence-electron chi connectivity index (χ4n) is 2.15. The Bertz CT molecular complexity index is 727. The molecule has 0 spiro atoms. The summed E-state index contributed by atoms with van der Waals surface area (Å²) in [5.74, 6) is -1.57. The molecular weight excluding hydrogens is 310 g/mol. The van der Waals surface area contributed by atoms with E-state index in [1.54, 1.807) is 54.6 Å². The maximum absolute atomic E-state index is 12.5. The van der Waals surface area contributed by atoms with E-state index in [-0.39, 0.29) is 0 Å². The van der Waals surface area contributed by atoms with E-state index in [4.69, 9.17) is 17.3 Å². The van der Waals surface area contributed by atoms with Gasteiger partial charge in [-0.1, -0.05) is 54.1 Å². The molecule has 0 heterocycles. The molecule has 0 bridgehead atoms. The van der Waals surface area contributed by atoms with Gasteiger partial charge in [-0.25, -0.2) is 8.42 Å². The third-order valence-corrected chi connectivity index (χ3v) is 5.18. The average molecular weight is 324 g/mol. The smallest absolute Gasteiger partial charge is 0.232 e. The van der Waals surface area contributed by atoms with Gasteiger partial charge >= 0.3 is 0 Å². The average Bonchev–Trinajstić information content (AvgIpc) is 2.41. The zero-order valence-electron chi connectivity index (χ0n) is 11.1. The van der Waals surface area contributed by atoms with E-state index in [0.717, 1.165) is 0 Å². The van der Waals surface area contributed by atoms with Crippen LogP contribution in [0.15, 0.2) is 54.6 Å². The molecule has 6 heteroatoms. The molecule has 0 aliphatic carbocycles. The Morgan fingerprint density at radius 1 is 1.00 bits per heavy atom. The van der Waals surface area contributed by atoms with Gasteiger partial charge in [-0.2, -0.15) is 0 Å². The van der Waals surface area contributed by atoms with E-state index < -0.39 is 26.7 Å². The van der Waals surface area contributed by atoms with Gasteiger partial charge in [0.15, 0.2) is 9.84 Å². The second-order valence-electron chi connectivity index (χ2n) is 4.62. The third-order valence-electron chi connectivity index (χ3n) is 2.98. The van der Waals surface area contributed by atoms with Crippen molar-refractivity contribution in [2.24, 2.45) is 5.73 Å². The van der Waals surface area contributed by atoms with Crippen molar-refractivity contribution in [2.75, 3.05) is 5.75 Å². The summed E-state index contributed by atoms with van der Waals surface area (Å²) in [7, 11) is -3.76. The first-order valence-electron chi connectivity index (χ1n) is 6.20. The number of hydrogen-bond donors (Lipinski definition) is 1. The first kappa shape index (κ1) is 15.5. The summed E-state index contributed by atoms with van der Waals surface area (Å²) in [5, 5.41) is -0.429. The highest BCUT2D eigenvalue weighted by Gasteiger charge is 2.30. The van der Waals surface area contributed by atoms with Crippen molar-refractivity contribution in [3.63, 3.8) is 0 Å². The zero-order valence-corrected chi connectivity index (χ0v) is 12.6. The van der Waals surface area contributed by atoms with Crippen LogP contribution in [0, 0.1) is 0 Å². The van der Waals surface area contributed by atoms with Crippen molar-refractivity contribution in [3.05, 3.63) is 70.7 Å². The van der Waals surface area contributed by atoms with Crippen LogP contribution >= 0.6 is 11.6 Å². The number of carbonyl (C=O) groups excluding carboxylic acids is 1. The minimum atomic E-state index is -3.76. The first-order chi connectivity index (χ1) is 9.90. The summed E-state index contributed by atoms with van der Waals surface area (Å²) < 4.78 is 25.0. The highest BCUT2D eigenvalue weighted by Crippen LogP contribution is 2.31. The molecular formula is C15H14ClNO3S. The maximum Gasteiger partial charge on any atom is 0.232 e. The maximum atomic E-state index is 12.5. The largest absolute Gasteiger partial charge is 0.369 e. The summed E-state index contributed by atoms with van der Waals surface area (Å²) in [4.78, 5) is 11.1. The van der Waals surface area contributed by atoms with Crippen molar-refractivity contribution < 1.29 is 13.2 Å². The number of benzene rings is 2. The van der Waals surface area contributed by atoms with E-state index in [0.29, 0.717) is 16.1 Å². The number of halogens is 1. The quantitative estimate of drug-likeness (QED) is 0.917. The molecule has 2 N–H and O–H groups in total. The van der Waals surface area contributed by atoms with E-state index in [1.807, 2.05) is 0 Å². The Morgan fingerprint density at radius 2 is 1.52 bits per heavy atom. The lowest BCUT2D eigenvalue weighted by Crippen LogP contribution is -2.27. The molecule has 4 nitrogen and oxygen atoms in total. The molecule has 2 aromatic rings. The van der Waals surface area contributed by atoms with Crippen LogP contribution in [-0.4, -0.2) is 20.1 Å². The van der Waals surface area contributed by atoms with Crippen LogP contribution in [0.25, 0.3) is 0 Å². The number of rotatable bonds is 5. The number of hydrogen-bond acceptors (Lipinski definition) is 3. The summed E-state index contributed by atoms with van der Waals surface area (Å²) >= 11 is 5.84. The van der Waals surface area contributed by atoms with Crippen molar-refractivity contribution >= 4 is 27.3 Å². The minimum Gasteiger partial charge on any atom is -0.369 e. The van der Waals surface area contributed by atoms with Gasteiger partial charge < -0.3 is 5.73 Å². The second-order valence-corrected chi connectivity index (χ2v) is 7.14. The fourth-order valence-corrected chi connectivity index (χ4v) is 3.99. The van der Waals surface area contributed by atoms with Crippen LogP contribution < -0.4 is 5.73 Å². The van der Waals surface area contributed by atoms with Gasteiger partial charge in [-0.3, -0.25) is 4.79 Å². The Morgan fingerprint density at radius 3 is 2.05 bits per heavy atom. The fraction of sp³-hybridized carbons (Fsp3) is 0.133. The van der Waals surface area contributed by atoms with Crippen LogP contribution in [0.3, 0.4) is 0 Å². The normalized spacial score (nSPS) is 12.8. The monoisotopic (exact) mass is 323 g/mol. The second kappa shape index (κ2) is 6.28. The molecule has 0 aliphatic rings. The molecule has 0 saturated carbocycles. The summed E-state index contributed by atoms with van der Waals surface area (Å²) in [5.41, 5.74) is 6.19. The molecule has 1 amide bonds. The van der Waals surface area contributed by atoms with Crippen molar-refractivity contribution in [1.82, 2.24) is 0 Å². The summed E-state index contributed by atoms with van der Waals surface area (Å²) in [6.07, 6.45) is 0. The highest BCUT2D eigenvalue weighted by molar-refractivity contribution is 7.92. The molecule has 0 aromatic heterocycles. The number of sulfone groups is 1. The molecule has 0 saturated heterocycles. The van der Waals surface area contributed by atoms with Crippen LogP contribution in [0.4, 0.5) is 0 Å². The molecule has 0 aliphatic heterocycles. The Kier molecular flexibility index (Phi) is 4.65. The zero-order chi connectivity index (χ0) is 15.5. The summed E-state index contributed by atoms with van der Waals surface area (Å²) in [6, 6.07) is 15.2. The van der Waals surface area contributed by atoms with Gasteiger partial charge in [0.2, 0.25) is 5.91 Å². The van der Waals surface area contributed by atoms with Gasteiger partial charge in [-0.05, 0) is 23.3 Å². The number of amides is 1. The van der Waals surface area contributed by atoms with Crippen molar-refractivity contribution in [2.45, 2.75) is 5.25 Å². The van der Waals surface area contributed by atoms with Gasteiger partial charge in [-0.15, -0.1) is 0 Å². The Balaban J connectivity index is 2.55. The molecule has 2 rings (SSSR count). The molecule has 2 aromatic carbocycles. The third kappa shape index (κ3) is 3.83. The summed E-state index contributed by atoms with van der Waals surface area (Å²) in [6.45, 7) is 0. The SMILES string of the molecule is NC(=O)CS(=O)(=O)C(c1ccccc1)c1ccc(Cl)cc1. The van der Waals surface area contributed by atoms with E-state index in [1.165, 1.54) is 0 Å². The Labute approximate surface area is 128 Å². The number of nitrogens with two attached hydrogens (primary N) is 1. The van der Waals surface area contributed by atoms with Gasteiger partial charge in [0.25, 0.3) is 0 Å². The molecule has 110 valence electrons. The molecule has 0 radical (unpaired) electrons. The topological polar surface area (TPSA) is 77.2 Å². The predicted molar refractivity (Wildman–Crippen MR) is 82.7 cm³/mol. The Hall–Kier alpha value is -1.85. The van der Waals surface area contributed by atoms with Crippen LogP contribution in [0.1, 0.15) is 16.4 Å². The lowest BCUT2D eigenvalue weighted by atomic mass is 10.0. The van der Waals surface area contributed by atoms with E-state index in [2.05, 4.69) is 0 Å². The standard InChI is InChI=1S/C15H14ClNO3S/c16-13-8-6-12(7-9-13)15(11-4-2-1-3-5-11)21(19,20)10-14(17)18/h1-9,15H,10H2,(H2,17,18). The van der Waals surface area contributed by atoms with Gasteiger partial charge in [0.05, 0.1) is 0 Å². The lowest BCUT2D eigenvalue weighted by molar-refractivity contribution is -0.115. The van der Waals surface area contributed by atoms with Crippen LogP contribution in [0.5, 0.6) is 0 Å². The van der Waals surface area contributed by atoms with Gasteiger partial charge in [0, 0.05) is 5.02 Å². The van der Waals surface area contributed by atoms with Crippen molar-refractivity contribution in [1.29, 1.82) is 0 Å². The first-order valence-corrected chi connectivity index (χ1v) is 8.30. The number of carbonyl (C=O) groups is 1. The molecule has 21 heavy (non-hydrogen) atoms. The van der Waals surface area contributed by atoms with Crippen molar-refractivity contribution in [3.8, 4) is 0 Å². The lowest BCUT2D eigenvalue weighted by Gasteiger charge is -2.18. The predicted octanol–water partition coefficient (Wildman–Crippen LogP) is 2.33.